The van der Waals surface area contributed by atoms with E-state index in [9.17, 15) is 0 Å². The quantitative estimate of drug-likeness (QED) is 0.787. The highest BCUT2D eigenvalue weighted by Crippen LogP contribution is 2.26. The molecule has 1 rings (SSSR count). The van der Waals surface area contributed by atoms with Crippen molar-refractivity contribution in [3.63, 3.8) is 0 Å². The molecule has 2 heteroatoms. The minimum atomic E-state index is 0.200. The third-order valence-corrected chi connectivity index (χ3v) is 2.73. The molecule has 0 aromatic heterocycles. The highest BCUT2D eigenvalue weighted by atomic mass is 16.5. The molecule has 0 aliphatic carbocycles. The Balaban J connectivity index is 2.83. The molecule has 0 heterocycles. The lowest BCUT2D eigenvalue weighted by Crippen LogP contribution is -2.13. The number of hydrogen-bond acceptors (Lipinski definition) is 2. The molecule has 90 valence electrons. The smallest absolute Gasteiger partial charge is 0.0635 e. The van der Waals surface area contributed by atoms with E-state index in [1.807, 2.05) is 0 Å². The first kappa shape index (κ1) is 13.0. The Morgan fingerprint density at radius 2 is 1.94 bits per heavy atom. The molecule has 0 radical (unpaired) electrons. The fraction of sp³-hybridized carbons (Fsp3) is 0.571. The summed E-state index contributed by atoms with van der Waals surface area (Å²) in [5, 5.41) is 3.40. The Morgan fingerprint density at radius 3 is 2.50 bits per heavy atom. The summed E-state index contributed by atoms with van der Waals surface area (Å²) in [6.07, 6.45) is 0. The molecule has 1 aromatic rings. The van der Waals surface area contributed by atoms with Crippen LogP contribution < -0.4 is 5.32 Å². The van der Waals surface area contributed by atoms with Crippen molar-refractivity contribution in [2.24, 2.45) is 0 Å². The van der Waals surface area contributed by atoms with Crippen molar-refractivity contribution < 1.29 is 4.74 Å². The minimum absolute atomic E-state index is 0.200. The van der Waals surface area contributed by atoms with Crippen molar-refractivity contribution >= 4 is 5.69 Å². The lowest BCUT2D eigenvalue weighted by Gasteiger charge is -2.21. The molecule has 0 bridgehead atoms. The van der Waals surface area contributed by atoms with Gasteiger partial charge in [-0.25, -0.2) is 0 Å². The van der Waals surface area contributed by atoms with Crippen molar-refractivity contribution in [1.82, 2.24) is 0 Å². The van der Waals surface area contributed by atoms with E-state index in [-0.39, 0.29) is 5.41 Å². The molecular formula is C14H23NO. The van der Waals surface area contributed by atoms with Gasteiger partial charge in [0, 0.05) is 19.3 Å². The molecule has 0 saturated heterocycles. The molecule has 0 unspecified atom stereocenters. The molecule has 0 spiro atoms. The summed E-state index contributed by atoms with van der Waals surface area (Å²) in [6.45, 7) is 10.4. The Labute approximate surface area is 99.0 Å². The predicted molar refractivity (Wildman–Crippen MR) is 70.2 cm³/mol. The molecule has 0 saturated carbocycles. The molecule has 0 aliphatic rings. The summed E-state index contributed by atoms with van der Waals surface area (Å²) in [7, 11) is 1.72. The first-order valence-corrected chi connectivity index (χ1v) is 5.79. The zero-order valence-corrected chi connectivity index (χ0v) is 11.1. The molecule has 1 aromatic carbocycles. The van der Waals surface area contributed by atoms with Crippen LogP contribution >= 0.6 is 0 Å². The summed E-state index contributed by atoms with van der Waals surface area (Å²) < 4.78 is 5.04. The van der Waals surface area contributed by atoms with Crippen LogP contribution in [0.3, 0.4) is 0 Å². The highest BCUT2D eigenvalue weighted by Gasteiger charge is 2.14. The molecule has 0 fully saturated rings. The van der Waals surface area contributed by atoms with Crippen LogP contribution in [-0.2, 0) is 10.2 Å². The summed E-state index contributed by atoms with van der Waals surface area (Å²) in [5.74, 6) is 0. The van der Waals surface area contributed by atoms with Gasteiger partial charge in [-0.15, -0.1) is 0 Å². The Kier molecular flexibility index (Phi) is 4.36. The van der Waals surface area contributed by atoms with E-state index in [1.165, 1.54) is 16.8 Å². The number of methoxy groups -OCH3 is 1. The maximum atomic E-state index is 5.04. The van der Waals surface area contributed by atoms with Crippen LogP contribution in [0.4, 0.5) is 5.69 Å². The lowest BCUT2D eigenvalue weighted by molar-refractivity contribution is 0.211. The average Bonchev–Trinajstić information content (AvgIpc) is 2.19. The second-order valence-corrected chi connectivity index (χ2v) is 5.20. The lowest BCUT2D eigenvalue weighted by atomic mass is 9.86. The van der Waals surface area contributed by atoms with Gasteiger partial charge in [0.05, 0.1) is 6.61 Å². The zero-order chi connectivity index (χ0) is 12.2. The largest absolute Gasteiger partial charge is 0.383 e. The number of ether oxygens (including phenoxy) is 1. The Bertz CT molecular complexity index is 339. The van der Waals surface area contributed by atoms with Gasteiger partial charge in [-0.1, -0.05) is 32.9 Å². The van der Waals surface area contributed by atoms with Crippen molar-refractivity contribution in [1.29, 1.82) is 0 Å². The van der Waals surface area contributed by atoms with Gasteiger partial charge in [-0.2, -0.15) is 0 Å². The number of benzene rings is 1. The van der Waals surface area contributed by atoms with E-state index in [4.69, 9.17) is 4.74 Å². The fourth-order valence-electron chi connectivity index (χ4n) is 1.57. The molecule has 0 aliphatic heterocycles. The van der Waals surface area contributed by atoms with E-state index >= 15 is 0 Å². The third kappa shape index (κ3) is 3.53. The fourth-order valence-corrected chi connectivity index (χ4v) is 1.57. The summed E-state index contributed by atoms with van der Waals surface area (Å²) in [5.41, 5.74) is 4.05. The van der Waals surface area contributed by atoms with E-state index < -0.39 is 0 Å². The van der Waals surface area contributed by atoms with Gasteiger partial charge in [0.2, 0.25) is 0 Å². The van der Waals surface area contributed by atoms with Crippen LogP contribution in [0.1, 0.15) is 31.9 Å². The van der Waals surface area contributed by atoms with Gasteiger partial charge < -0.3 is 10.1 Å². The molecule has 0 amide bonds. The summed E-state index contributed by atoms with van der Waals surface area (Å²) in [4.78, 5) is 0. The van der Waals surface area contributed by atoms with Crippen LogP contribution in [-0.4, -0.2) is 20.3 Å². The number of hydrogen-bond donors (Lipinski definition) is 1. The maximum absolute atomic E-state index is 5.04. The zero-order valence-electron chi connectivity index (χ0n) is 11.1. The molecular weight excluding hydrogens is 198 g/mol. The SMILES string of the molecule is COCCNc1cc(C(C)(C)C)ccc1C. The van der Waals surface area contributed by atoms with Crippen molar-refractivity contribution in [2.45, 2.75) is 33.1 Å². The number of anilines is 1. The first-order chi connectivity index (χ1) is 7.45. The van der Waals surface area contributed by atoms with Gasteiger partial charge in [0.1, 0.15) is 0 Å². The van der Waals surface area contributed by atoms with Gasteiger partial charge in [-0.3, -0.25) is 0 Å². The summed E-state index contributed by atoms with van der Waals surface area (Å²) in [6, 6.07) is 6.62. The van der Waals surface area contributed by atoms with Crippen molar-refractivity contribution in [2.75, 3.05) is 25.6 Å². The van der Waals surface area contributed by atoms with Crippen LogP contribution in [0.5, 0.6) is 0 Å². The van der Waals surface area contributed by atoms with Gasteiger partial charge in [0.25, 0.3) is 0 Å². The molecule has 2 nitrogen and oxygen atoms in total. The Hall–Kier alpha value is -1.02. The third-order valence-electron chi connectivity index (χ3n) is 2.73. The van der Waals surface area contributed by atoms with E-state index in [1.54, 1.807) is 7.11 Å². The number of aryl methyl sites for hydroxylation is 1. The van der Waals surface area contributed by atoms with E-state index in [0.29, 0.717) is 0 Å². The van der Waals surface area contributed by atoms with Gasteiger partial charge in [0.15, 0.2) is 0 Å². The average molecular weight is 221 g/mol. The molecule has 1 N–H and O–H groups in total. The highest BCUT2D eigenvalue weighted by molar-refractivity contribution is 5.53. The minimum Gasteiger partial charge on any atom is -0.383 e. The van der Waals surface area contributed by atoms with Crippen LogP contribution in [0.15, 0.2) is 18.2 Å². The van der Waals surface area contributed by atoms with E-state index in [2.05, 4.69) is 51.2 Å². The summed E-state index contributed by atoms with van der Waals surface area (Å²) >= 11 is 0. The maximum Gasteiger partial charge on any atom is 0.0635 e. The normalized spacial score (nSPS) is 11.6. The number of nitrogens with one attached hydrogen (secondary N) is 1. The van der Waals surface area contributed by atoms with Gasteiger partial charge in [-0.05, 0) is 29.5 Å². The van der Waals surface area contributed by atoms with Crippen molar-refractivity contribution in [3.05, 3.63) is 29.3 Å². The monoisotopic (exact) mass is 221 g/mol. The second kappa shape index (κ2) is 5.35. The Morgan fingerprint density at radius 1 is 1.25 bits per heavy atom. The van der Waals surface area contributed by atoms with Crippen molar-refractivity contribution in [3.8, 4) is 0 Å². The second-order valence-electron chi connectivity index (χ2n) is 5.20. The standard InChI is InChI=1S/C14H23NO/c1-11-6-7-12(14(2,3)4)10-13(11)15-8-9-16-5/h6-7,10,15H,8-9H2,1-5H3. The van der Waals surface area contributed by atoms with E-state index in [0.717, 1.165) is 13.2 Å². The van der Waals surface area contributed by atoms with Crippen LogP contribution in [0.25, 0.3) is 0 Å². The number of rotatable bonds is 4. The van der Waals surface area contributed by atoms with Crippen LogP contribution in [0.2, 0.25) is 0 Å². The molecule has 0 atom stereocenters. The first-order valence-electron chi connectivity index (χ1n) is 5.79. The predicted octanol–water partition coefficient (Wildman–Crippen LogP) is 3.35. The molecule has 16 heavy (non-hydrogen) atoms. The topological polar surface area (TPSA) is 21.3 Å². The van der Waals surface area contributed by atoms with Crippen LogP contribution in [0, 0.1) is 6.92 Å². The van der Waals surface area contributed by atoms with Gasteiger partial charge >= 0.3 is 0 Å².